The van der Waals surface area contributed by atoms with Gasteiger partial charge in [-0.2, -0.15) is 0 Å². The second kappa shape index (κ2) is 4.77. The van der Waals surface area contributed by atoms with Crippen molar-refractivity contribution < 1.29 is 14.2 Å². The van der Waals surface area contributed by atoms with Gasteiger partial charge in [-0.15, -0.1) is 0 Å². The van der Waals surface area contributed by atoms with Crippen molar-refractivity contribution in [2.75, 3.05) is 19.5 Å². The Morgan fingerprint density at radius 3 is 2.73 bits per heavy atom. The second-order valence-corrected chi connectivity index (χ2v) is 4.81. The molecule has 110 valence electrons. The number of hydrogen-bond acceptors (Lipinski definition) is 6. The molecule has 1 N–H and O–H groups in total. The molecule has 0 atom stereocenters. The minimum Gasteiger partial charge on any atom is -0.493 e. The monoisotopic (exact) mass is 295 g/mol. The summed E-state index contributed by atoms with van der Waals surface area (Å²) in [5.74, 6) is 3.38. The summed E-state index contributed by atoms with van der Waals surface area (Å²) in [5.41, 5.74) is 1.72. The number of nitrogens with one attached hydrogen (secondary N) is 1. The molecule has 22 heavy (non-hydrogen) atoms. The van der Waals surface area contributed by atoms with Gasteiger partial charge in [0, 0.05) is 24.9 Å². The van der Waals surface area contributed by atoms with Gasteiger partial charge in [-0.05, 0) is 18.2 Å². The first-order valence-electron chi connectivity index (χ1n) is 6.79. The third-order valence-corrected chi connectivity index (χ3v) is 3.50. The molecular formula is C16H13N3O3. The highest BCUT2D eigenvalue weighted by molar-refractivity contribution is 5.89. The number of fused-ring (bicyclic) bond motifs is 2. The van der Waals surface area contributed by atoms with E-state index in [0.29, 0.717) is 17.4 Å². The number of ether oxygens (including phenoxy) is 3. The topological polar surface area (TPSA) is 68.8 Å². The fourth-order valence-corrected chi connectivity index (χ4v) is 2.29. The van der Waals surface area contributed by atoms with Gasteiger partial charge in [0.05, 0.1) is 18.0 Å². The molecule has 0 radical (unpaired) electrons. The molecule has 6 nitrogen and oxygen atoms in total. The van der Waals surface area contributed by atoms with Crippen LogP contribution < -0.4 is 19.5 Å². The zero-order valence-electron chi connectivity index (χ0n) is 12.1. The molecule has 0 fully saturated rings. The summed E-state index contributed by atoms with van der Waals surface area (Å²) in [5, 5.41) is 3.86. The Bertz CT molecular complexity index is 880. The van der Waals surface area contributed by atoms with E-state index >= 15 is 0 Å². The summed E-state index contributed by atoms with van der Waals surface area (Å²) in [7, 11) is 3.45. The van der Waals surface area contributed by atoms with Gasteiger partial charge < -0.3 is 19.5 Å². The Labute approximate surface area is 126 Å². The van der Waals surface area contributed by atoms with Gasteiger partial charge in [-0.25, -0.2) is 9.97 Å². The largest absolute Gasteiger partial charge is 0.493 e. The van der Waals surface area contributed by atoms with Crippen LogP contribution in [0.4, 0.5) is 5.69 Å². The number of anilines is 1. The quantitative estimate of drug-likeness (QED) is 0.580. The molecular weight excluding hydrogens is 282 g/mol. The van der Waals surface area contributed by atoms with Crippen molar-refractivity contribution in [1.29, 1.82) is 0 Å². The fraction of sp³-hybridized carbons (Fsp3) is 0.125. The highest BCUT2D eigenvalue weighted by Gasteiger charge is 2.23. The van der Waals surface area contributed by atoms with E-state index in [2.05, 4.69) is 15.3 Å². The van der Waals surface area contributed by atoms with Gasteiger partial charge in [0.2, 0.25) is 5.88 Å². The van der Waals surface area contributed by atoms with Crippen LogP contribution >= 0.6 is 0 Å². The van der Waals surface area contributed by atoms with E-state index in [4.69, 9.17) is 14.2 Å². The first kappa shape index (κ1) is 12.7. The Kier molecular flexibility index (Phi) is 2.75. The van der Waals surface area contributed by atoms with Crippen LogP contribution in [0, 0.1) is 0 Å². The smallest absolute Gasteiger partial charge is 0.230 e. The van der Waals surface area contributed by atoms with E-state index in [1.54, 1.807) is 7.11 Å². The van der Waals surface area contributed by atoms with Crippen molar-refractivity contribution in [2.24, 2.45) is 0 Å². The third kappa shape index (κ3) is 2.05. The summed E-state index contributed by atoms with van der Waals surface area (Å²) in [6.45, 7) is 0. The third-order valence-electron chi connectivity index (χ3n) is 3.50. The van der Waals surface area contributed by atoms with Crippen molar-refractivity contribution in [3.8, 4) is 28.9 Å². The number of nitrogens with zero attached hydrogens (tertiary/aromatic N) is 2. The minimum atomic E-state index is 0.471. The molecule has 2 heterocycles. The van der Waals surface area contributed by atoms with Crippen LogP contribution in [-0.2, 0) is 0 Å². The lowest BCUT2D eigenvalue weighted by Crippen LogP contribution is -1.95. The number of aromatic nitrogens is 2. The lowest BCUT2D eigenvalue weighted by atomic mass is 10.2. The van der Waals surface area contributed by atoms with Gasteiger partial charge in [-0.3, -0.25) is 0 Å². The van der Waals surface area contributed by atoms with E-state index in [1.165, 1.54) is 6.33 Å². The molecule has 0 bridgehead atoms. The van der Waals surface area contributed by atoms with Crippen LogP contribution in [0.5, 0.6) is 28.9 Å². The molecule has 2 aromatic carbocycles. The average molecular weight is 295 g/mol. The molecule has 1 aliphatic heterocycles. The first-order valence-corrected chi connectivity index (χ1v) is 6.79. The number of hydrogen-bond donors (Lipinski definition) is 1. The van der Waals surface area contributed by atoms with Gasteiger partial charge in [-0.1, -0.05) is 0 Å². The fourth-order valence-electron chi connectivity index (χ4n) is 2.29. The summed E-state index contributed by atoms with van der Waals surface area (Å²) < 4.78 is 16.6. The maximum absolute atomic E-state index is 5.93. The van der Waals surface area contributed by atoms with Crippen LogP contribution in [0.15, 0.2) is 36.7 Å². The Morgan fingerprint density at radius 1 is 1.05 bits per heavy atom. The molecule has 0 aliphatic carbocycles. The molecule has 3 aromatic rings. The van der Waals surface area contributed by atoms with Gasteiger partial charge in [0.1, 0.15) is 6.33 Å². The molecule has 1 aliphatic rings. The molecule has 0 saturated carbocycles. The molecule has 0 saturated heterocycles. The van der Waals surface area contributed by atoms with Crippen LogP contribution in [0.25, 0.3) is 10.9 Å². The molecule has 4 rings (SSSR count). The maximum atomic E-state index is 5.93. The SMILES string of the molecule is CNc1ccc(Oc2ncnc3cc4c(cc23)O4)c(OC)c1. The van der Waals surface area contributed by atoms with E-state index in [9.17, 15) is 0 Å². The van der Waals surface area contributed by atoms with Gasteiger partial charge >= 0.3 is 0 Å². The summed E-state index contributed by atoms with van der Waals surface area (Å²) in [4.78, 5) is 8.46. The van der Waals surface area contributed by atoms with E-state index in [1.807, 2.05) is 37.4 Å². The maximum Gasteiger partial charge on any atom is 0.230 e. The predicted octanol–water partition coefficient (Wildman–Crippen LogP) is 3.58. The Balaban J connectivity index is 1.77. The van der Waals surface area contributed by atoms with E-state index in [-0.39, 0.29) is 0 Å². The predicted molar refractivity (Wildman–Crippen MR) is 82.2 cm³/mol. The number of methoxy groups -OCH3 is 1. The highest BCUT2D eigenvalue weighted by atomic mass is 16.6. The first-order chi connectivity index (χ1) is 10.8. The van der Waals surface area contributed by atoms with Crippen molar-refractivity contribution in [2.45, 2.75) is 0 Å². The Morgan fingerprint density at radius 2 is 1.91 bits per heavy atom. The summed E-state index contributed by atoms with van der Waals surface area (Å²) >= 11 is 0. The molecule has 0 spiro atoms. The zero-order chi connectivity index (χ0) is 15.1. The van der Waals surface area contributed by atoms with Crippen molar-refractivity contribution in [3.63, 3.8) is 0 Å². The van der Waals surface area contributed by atoms with Crippen molar-refractivity contribution in [1.82, 2.24) is 9.97 Å². The van der Waals surface area contributed by atoms with E-state index in [0.717, 1.165) is 28.1 Å². The molecule has 6 heteroatoms. The van der Waals surface area contributed by atoms with Crippen LogP contribution in [0.2, 0.25) is 0 Å². The number of rotatable bonds is 4. The van der Waals surface area contributed by atoms with E-state index < -0.39 is 0 Å². The second-order valence-electron chi connectivity index (χ2n) is 4.81. The zero-order valence-corrected chi connectivity index (χ0v) is 12.1. The lowest BCUT2D eigenvalue weighted by molar-refractivity contribution is 0.376. The Hall–Kier alpha value is -3.02. The molecule has 0 amide bonds. The molecule has 1 aromatic heterocycles. The standard InChI is InChI=1S/C16H13N3O3/c1-17-9-3-4-12(13(5-9)20-2)22-16-10-6-14-15(21-14)7-11(10)18-8-19-16/h3-8,17H,1-2H3. The summed E-state index contributed by atoms with van der Waals surface area (Å²) in [6, 6.07) is 9.37. The molecule has 0 unspecified atom stereocenters. The summed E-state index contributed by atoms with van der Waals surface area (Å²) in [6.07, 6.45) is 1.47. The van der Waals surface area contributed by atoms with Crippen LogP contribution in [0.1, 0.15) is 0 Å². The lowest BCUT2D eigenvalue weighted by Gasteiger charge is -2.12. The normalized spacial score (nSPS) is 11.5. The van der Waals surface area contributed by atoms with Gasteiger partial charge in [0.15, 0.2) is 23.0 Å². The van der Waals surface area contributed by atoms with Crippen LogP contribution in [-0.4, -0.2) is 24.1 Å². The minimum absolute atomic E-state index is 0.471. The highest BCUT2D eigenvalue weighted by Crippen LogP contribution is 2.48. The van der Waals surface area contributed by atoms with Crippen molar-refractivity contribution >= 4 is 16.6 Å². The van der Waals surface area contributed by atoms with Crippen molar-refractivity contribution in [3.05, 3.63) is 36.7 Å². The van der Waals surface area contributed by atoms with Crippen LogP contribution in [0.3, 0.4) is 0 Å². The van der Waals surface area contributed by atoms with Gasteiger partial charge in [0.25, 0.3) is 0 Å². The average Bonchev–Trinajstić information content (AvgIpc) is 3.31. The number of benzene rings is 2.